The molecule has 0 N–H and O–H groups in total. The highest BCUT2D eigenvalue weighted by atomic mass is 79.9. The number of hydrogen-bond donors (Lipinski definition) is 0. The van der Waals surface area contributed by atoms with Gasteiger partial charge >= 0.3 is 12.4 Å². The fourth-order valence-corrected chi connectivity index (χ4v) is 7.25. The van der Waals surface area contributed by atoms with Crippen molar-refractivity contribution in [3.05, 3.63) is 79.7 Å². The third-order valence-corrected chi connectivity index (χ3v) is 9.70. The number of likely N-dealkylation sites (tertiary alicyclic amines) is 1. The van der Waals surface area contributed by atoms with Crippen molar-refractivity contribution in [2.75, 3.05) is 13.1 Å². The van der Waals surface area contributed by atoms with Crippen LogP contribution in [-0.2, 0) is 30.1 Å². The zero-order valence-corrected chi connectivity index (χ0v) is 26.6. The highest BCUT2D eigenvalue weighted by Gasteiger charge is 2.56. The number of benzene rings is 1. The van der Waals surface area contributed by atoms with Gasteiger partial charge in [0.25, 0.3) is 11.8 Å². The van der Waals surface area contributed by atoms with Gasteiger partial charge in [0.1, 0.15) is 16.3 Å². The number of alkyl halides is 6. The summed E-state index contributed by atoms with van der Waals surface area (Å²) in [6.45, 7) is 2.40. The lowest BCUT2D eigenvalue weighted by Crippen LogP contribution is -2.68. The summed E-state index contributed by atoms with van der Waals surface area (Å²) in [7, 11) is 0. The Balaban J connectivity index is 1.60. The van der Waals surface area contributed by atoms with Crippen LogP contribution in [0.1, 0.15) is 71.1 Å². The molecule has 3 aromatic rings. The molecule has 0 aliphatic carbocycles. The van der Waals surface area contributed by atoms with E-state index in [0.717, 1.165) is 40.0 Å². The summed E-state index contributed by atoms with van der Waals surface area (Å²) < 4.78 is 89.7. The minimum absolute atomic E-state index is 0.0216. The molecule has 2 atom stereocenters. The van der Waals surface area contributed by atoms with Crippen molar-refractivity contribution in [3.63, 3.8) is 0 Å². The number of fused-ring (bicyclic) bond motifs is 1. The number of carbonyl (C=O) groups is 2. The van der Waals surface area contributed by atoms with E-state index in [4.69, 9.17) is 4.74 Å². The second kappa shape index (κ2) is 12.9. The zero-order chi connectivity index (χ0) is 32.6. The van der Waals surface area contributed by atoms with E-state index in [1.165, 1.54) is 10.3 Å². The van der Waals surface area contributed by atoms with E-state index in [-0.39, 0.29) is 44.6 Å². The largest absolute Gasteiger partial charge is 0.474 e. The van der Waals surface area contributed by atoms with Crippen molar-refractivity contribution in [1.29, 1.82) is 0 Å². The monoisotopic (exact) mass is 717 g/mol. The van der Waals surface area contributed by atoms with Gasteiger partial charge in [0, 0.05) is 48.2 Å². The molecule has 5 rings (SSSR count). The molecule has 14 heteroatoms. The summed E-state index contributed by atoms with van der Waals surface area (Å²) in [6, 6.07) is 7.29. The first-order valence-corrected chi connectivity index (χ1v) is 16.2. The van der Waals surface area contributed by atoms with Gasteiger partial charge in [-0.2, -0.15) is 26.3 Å². The number of aromatic nitrogens is 1. The van der Waals surface area contributed by atoms with Crippen molar-refractivity contribution in [2.24, 2.45) is 0 Å². The van der Waals surface area contributed by atoms with Crippen molar-refractivity contribution < 1.29 is 40.7 Å². The van der Waals surface area contributed by atoms with Crippen molar-refractivity contribution in [2.45, 2.75) is 76.0 Å². The van der Waals surface area contributed by atoms with Crippen LogP contribution in [0.3, 0.4) is 0 Å². The predicted octanol–water partition coefficient (Wildman–Crippen LogP) is 8.14. The quantitative estimate of drug-likeness (QED) is 0.232. The summed E-state index contributed by atoms with van der Waals surface area (Å²) in [5.74, 6) is -1.72. The number of thiophene rings is 1. The van der Waals surface area contributed by atoms with Gasteiger partial charge in [0.05, 0.1) is 11.6 Å². The van der Waals surface area contributed by atoms with Crippen LogP contribution in [-0.4, -0.2) is 51.3 Å². The standard InChI is InChI=1S/C31H30BrF6N3O3S/c1-2-3-7-24-29(44-22-16-25(45-18-22)31(36,37)38,28(43)40-14-10-19-15-21(32)9-8-20(19)17-40)11-5-13-41(24)27(42)26-23(30(33,34)35)6-4-12-39-26/h4,6,8-9,12,15-16,18,24H,2-3,5,7,10-11,13-14,17H2,1H3/t24-,29+/m1/s1. The van der Waals surface area contributed by atoms with Crippen LogP contribution in [0, 0.1) is 0 Å². The molecule has 1 aromatic carbocycles. The first-order chi connectivity index (χ1) is 21.2. The Kier molecular flexibility index (Phi) is 9.55. The Morgan fingerprint density at radius 2 is 1.87 bits per heavy atom. The maximum atomic E-state index is 14.7. The van der Waals surface area contributed by atoms with E-state index in [0.29, 0.717) is 30.6 Å². The molecule has 4 heterocycles. The number of carbonyl (C=O) groups excluding carboxylic acids is 2. The first-order valence-electron chi connectivity index (χ1n) is 14.5. The minimum Gasteiger partial charge on any atom is -0.474 e. The third-order valence-electron chi connectivity index (χ3n) is 8.25. The molecule has 0 spiro atoms. The number of halogens is 7. The van der Waals surface area contributed by atoms with Crippen molar-refractivity contribution in [1.82, 2.24) is 14.8 Å². The molecule has 2 aromatic heterocycles. The fourth-order valence-electron chi connectivity index (χ4n) is 6.16. The van der Waals surface area contributed by atoms with Gasteiger partial charge in [-0.05, 0) is 54.7 Å². The highest BCUT2D eigenvalue weighted by Crippen LogP contribution is 2.43. The Bertz CT molecular complexity index is 1560. The molecule has 0 bridgehead atoms. The maximum Gasteiger partial charge on any atom is 0.425 e. The molecule has 0 unspecified atom stereocenters. The van der Waals surface area contributed by atoms with E-state index < -0.39 is 51.9 Å². The number of rotatable bonds is 7. The Morgan fingerprint density at radius 3 is 2.56 bits per heavy atom. The maximum absolute atomic E-state index is 14.7. The van der Waals surface area contributed by atoms with Crippen LogP contribution >= 0.6 is 27.3 Å². The molecule has 2 aliphatic rings. The van der Waals surface area contributed by atoms with Gasteiger partial charge in [-0.15, -0.1) is 11.3 Å². The molecule has 1 saturated heterocycles. The van der Waals surface area contributed by atoms with E-state index in [2.05, 4.69) is 20.9 Å². The van der Waals surface area contributed by atoms with E-state index >= 15 is 0 Å². The lowest BCUT2D eigenvalue weighted by atomic mass is 9.79. The molecule has 242 valence electrons. The number of nitrogens with zero attached hydrogens (tertiary/aromatic N) is 3. The molecular weight excluding hydrogens is 688 g/mol. The third kappa shape index (κ3) is 6.86. The van der Waals surface area contributed by atoms with Crippen molar-refractivity contribution in [3.8, 4) is 5.75 Å². The Hall–Kier alpha value is -3.13. The molecule has 2 aliphatic heterocycles. The SMILES string of the molecule is CCCC[C@H]1N(C(=O)c2ncccc2C(F)(F)F)CCC[C@@]1(Oc1csc(C(F)(F)F)c1)C(=O)N1CCc2cc(Br)ccc2C1. The Labute approximate surface area is 268 Å². The first kappa shape index (κ1) is 33.2. The summed E-state index contributed by atoms with van der Waals surface area (Å²) in [5, 5.41) is 1.17. The number of unbranched alkanes of at least 4 members (excludes halogenated alkanes) is 1. The van der Waals surface area contributed by atoms with Crippen LogP contribution in [0.2, 0.25) is 0 Å². The van der Waals surface area contributed by atoms with Crippen LogP contribution in [0.4, 0.5) is 26.3 Å². The van der Waals surface area contributed by atoms with Gasteiger partial charge in [0.2, 0.25) is 5.60 Å². The molecule has 0 saturated carbocycles. The second-order valence-electron chi connectivity index (χ2n) is 11.2. The van der Waals surface area contributed by atoms with E-state index in [9.17, 15) is 35.9 Å². The van der Waals surface area contributed by atoms with Crippen LogP contribution < -0.4 is 4.74 Å². The van der Waals surface area contributed by atoms with Gasteiger partial charge in [-0.25, -0.2) is 0 Å². The smallest absolute Gasteiger partial charge is 0.425 e. The lowest BCUT2D eigenvalue weighted by Gasteiger charge is -2.50. The summed E-state index contributed by atoms with van der Waals surface area (Å²) >= 11 is 3.87. The molecular formula is C31H30BrF6N3O3S. The minimum atomic E-state index is -4.86. The molecule has 1 fully saturated rings. The van der Waals surface area contributed by atoms with Gasteiger partial charge in [-0.3, -0.25) is 14.6 Å². The van der Waals surface area contributed by atoms with Crippen LogP contribution in [0.5, 0.6) is 5.75 Å². The van der Waals surface area contributed by atoms with Crippen molar-refractivity contribution >= 4 is 39.1 Å². The van der Waals surface area contributed by atoms with Gasteiger partial charge in [0.15, 0.2) is 0 Å². The number of ether oxygens (including phenoxy) is 1. The molecule has 6 nitrogen and oxygen atoms in total. The van der Waals surface area contributed by atoms with Crippen LogP contribution in [0.15, 0.2) is 52.4 Å². The number of pyridine rings is 1. The lowest BCUT2D eigenvalue weighted by molar-refractivity contribution is -0.160. The Morgan fingerprint density at radius 1 is 1.09 bits per heavy atom. The molecule has 45 heavy (non-hydrogen) atoms. The van der Waals surface area contributed by atoms with Crippen LogP contribution in [0.25, 0.3) is 0 Å². The van der Waals surface area contributed by atoms with Gasteiger partial charge < -0.3 is 14.5 Å². The predicted molar refractivity (Wildman–Crippen MR) is 159 cm³/mol. The number of hydrogen-bond acceptors (Lipinski definition) is 5. The average Bonchev–Trinajstić information content (AvgIpc) is 3.48. The van der Waals surface area contributed by atoms with Gasteiger partial charge in [-0.1, -0.05) is 41.8 Å². The summed E-state index contributed by atoms with van der Waals surface area (Å²) in [4.78, 5) is 34.3. The molecule has 2 amide bonds. The second-order valence-corrected chi connectivity index (χ2v) is 13.0. The highest BCUT2D eigenvalue weighted by molar-refractivity contribution is 9.10. The molecule has 0 radical (unpaired) electrons. The normalized spacial score (nSPS) is 20.6. The number of amides is 2. The van der Waals surface area contributed by atoms with E-state index in [1.807, 2.05) is 25.1 Å². The summed E-state index contributed by atoms with van der Waals surface area (Å²) in [5.41, 5.74) is -1.94. The summed E-state index contributed by atoms with van der Waals surface area (Å²) in [6.07, 6.45) is -6.39. The average molecular weight is 719 g/mol. The van der Waals surface area contributed by atoms with E-state index in [1.54, 1.807) is 4.90 Å². The zero-order valence-electron chi connectivity index (χ0n) is 24.2. The fraction of sp³-hybridized carbons (Fsp3) is 0.452. The topological polar surface area (TPSA) is 62.7 Å². The number of piperidine rings is 1.